The zero-order valence-electron chi connectivity index (χ0n) is 13.1. The molecule has 2 nitrogen and oxygen atoms in total. The van der Waals surface area contributed by atoms with Gasteiger partial charge in [-0.15, -0.1) is 0 Å². The van der Waals surface area contributed by atoms with Crippen molar-refractivity contribution in [2.45, 2.75) is 53.6 Å². The molecule has 1 rings (SSSR count). The average molecular weight is 261 g/mol. The van der Waals surface area contributed by atoms with Crippen molar-refractivity contribution in [3.8, 4) is 0 Å². The molecule has 0 fully saturated rings. The first kappa shape index (κ1) is 15.9. The first-order chi connectivity index (χ1) is 8.75. The van der Waals surface area contributed by atoms with Gasteiger partial charge in [-0.1, -0.05) is 44.2 Å². The Hall–Kier alpha value is -1.15. The number of carbonyl (C=O) groups excluding carboxylic acids is 1. The summed E-state index contributed by atoms with van der Waals surface area (Å²) in [4.78, 5) is 15.0. The first-order valence-electron chi connectivity index (χ1n) is 7.11. The van der Waals surface area contributed by atoms with Gasteiger partial charge in [-0.3, -0.25) is 9.69 Å². The van der Waals surface area contributed by atoms with E-state index in [4.69, 9.17) is 0 Å². The zero-order chi connectivity index (χ0) is 14.6. The molecule has 0 unspecified atom stereocenters. The predicted octanol–water partition coefficient (Wildman–Crippen LogP) is 4.01. The van der Waals surface area contributed by atoms with Gasteiger partial charge in [-0.25, -0.2) is 0 Å². The normalized spacial score (nSPS) is 12.5. The zero-order valence-corrected chi connectivity index (χ0v) is 13.1. The van der Waals surface area contributed by atoms with Gasteiger partial charge in [0, 0.05) is 29.6 Å². The van der Waals surface area contributed by atoms with Crippen LogP contribution >= 0.6 is 0 Å². The Morgan fingerprint density at radius 2 is 1.53 bits per heavy atom. The van der Waals surface area contributed by atoms with Crippen molar-refractivity contribution in [3.63, 3.8) is 0 Å². The summed E-state index contributed by atoms with van der Waals surface area (Å²) < 4.78 is 0. The lowest BCUT2D eigenvalue weighted by Gasteiger charge is -2.37. The Kier molecular flexibility index (Phi) is 5.30. The van der Waals surface area contributed by atoms with Crippen molar-refractivity contribution in [1.29, 1.82) is 0 Å². The lowest BCUT2D eigenvalue weighted by molar-refractivity contribution is 0.0677. The van der Waals surface area contributed by atoms with Crippen LogP contribution in [0.25, 0.3) is 0 Å². The molecular formula is C17H27NO. The second-order valence-electron chi connectivity index (χ2n) is 6.44. The number of benzene rings is 1. The van der Waals surface area contributed by atoms with E-state index in [9.17, 15) is 4.79 Å². The summed E-state index contributed by atoms with van der Waals surface area (Å²) in [6.45, 7) is 13.6. The van der Waals surface area contributed by atoms with Crippen LogP contribution in [0.1, 0.15) is 51.9 Å². The van der Waals surface area contributed by atoms with E-state index in [0.717, 1.165) is 12.1 Å². The molecule has 106 valence electrons. The van der Waals surface area contributed by atoms with Crippen molar-refractivity contribution >= 4 is 5.78 Å². The van der Waals surface area contributed by atoms with Crippen LogP contribution < -0.4 is 0 Å². The van der Waals surface area contributed by atoms with Crippen molar-refractivity contribution in [1.82, 2.24) is 4.90 Å². The number of carbonyl (C=O) groups is 1. The molecule has 0 aliphatic carbocycles. The largest absolute Gasteiger partial charge is 0.298 e. The molecule has 0 radical (unpaired) electrons. The molecule has 0 spiro atoms. The topological polar surface area (TPSA) is 20.3 Å². The van der Waals surface area contributed by atoms with Gasteiger partial charge in [0.15, 0.2) is 5.78 Å². The number of ketones is 1. The highest BCUT2D eigenvalue weighted by Crippen LogP contribution is 2.25. The second kappa shape index (κ2) is 6.33. The van der Waals surface area contributed by atoms with E-state index in [-0.39, 0.29) is 11.2 Å². The Morgan fingerprint density at radius 1 is 1.05 bits per heavy atom. The maximum atomic E-state index is 12.6. The number of nitrogens with zero attached hydrogens (tertiary/aromatic N) is 1. The SMILES string of the molecule is CC(C)N(CC(C)(C)C(=O)c1ccccc1)C(C)C. The molecular weight excluding hydrogens is 234 g/mol. The minimum Gasteiger partial charge on any atom is -0.298 e. The van der Waals surface area contributed by atoms with Crippen LogP contribution in [0.5, 0.6) is 0 Å². The van der Waals surface area contributed by atoms with Gasteiger partial charge >= 0.3 is 0 Å². The van der Waals surface area contributed by atoms with Crippen molar-refractivity contribution in [2.24, 2.45) is 5.41 Å². The summed E-state index contributed by atoms with van der Waals surface area (Å²) in [5, 5.41) is 0. The van der Waals surface area contributed by atoms with E-state index in [1.165, 1.54) is 0 Å². The molecule has 0 amide bonds. The van der Waals surface area contributed by atoms with E-state index in [2.05, 4.69) is 32.6 Å². The molecule has 0 aromatic heterocycles. The first-order valence-corrected chi connectivity index (χ1v) is 7.11. The van der Waals surface area contributed by atoms with E-state index in [0.29, 0.717) is 12.1 Å². The van der Waals surface area contributed by atoms with Crippen LogP contribution in [-0.2, 0) is 0 Å². The Bertz CT molecular complexity index is 399. The summed E-state index contributed by atoms with van der Waals surface area (Å²) in [7, 11) is 0. The van der Waals surface area contributed by atoms with E-state index >= 15 is 0 Å². The van der Waals surface area contributed by atoms with Crippen molar-refractivity contribution in [2.75, 3.05) is 6.54 Å². The minimum absolute atomic E-state index is 0.222. The summed E-state index contributed by atoms with van der Waals surface area (Å²) in [6, 6.07) is 10.5. The van der Waals surface area contributed by atoms with Crippen molar-refractivity contribution < 1.29 is 4.79 Å². The predicted molar refractivity (Wildman–Crippen MR) is 81.5 cm³/mol. The monoisotopic (exact) mass is 261 g/mol. The van der Waals surface area contributed by atoms with Crippen LogP contribution in [0.3, 0.4) is 0 Å². The summed E-state index contributed by atoms with van der Waals surface area (Å²) in [6.07, 6.45) is 0. The number of hydrogen-bond acceptors (Lipinski definition) is 2. The third-order valence-electron chi connectivity index (χ3n) is 3.56. The van der Waals surface area contributed by atoms with Gasteiger partial charge in [0.1, 0.15) is 0 Å². The van der Waals surface area contributed by atoms with E-state index in [1.807, 2.05) is 44.2 Å². The van der Waals surface area contributed by atoms with Gasteiger partial charge < -0.3 is 0 Å². The van der Waals surface area contributed by atoms with Crippen LogP contribution in [0.2, 0.25) is 0 Å². The molecule has 2 heteroatoms. The number of hydrogen-bond donors (Lipinski definition) is 0. The standard InChI is InChI=1S/C17H27NO/c1-13(2)18(14(3)4)12-17(5,6)16(19)15-10-8-7-9-11-15/h7-11,13-14H,12H2,1-6H3. The molecule has 0 saturated carbocycles. The molecule has 0 atom stereocenters. The van der Waals surface area contributed by atoms with Gasteiger partial charge in [0.25, 0.3) is 0 Å². The quantitative estimate of drug-likeness (QED) is 0.721. The molecule has 1 aromatic carbocycles. The van der Waals surface area contributed by atoms with Crippen LogP contribution in [-0.4, -0.2) is 29.3 Å². The molecule has 0 heterocycles. The summed E-state index contributed by atoms with van der Waals surface area (Å²) in [5.74, 6) is 0.222. The fourth-order valence-corrected chi connectivity index (χ4v) is 2.47. The van der Waals surface area contributed by atoms with Crippen LogP contribution in [0.4, 0.5) is 0 Å². The smallest absolute Gasteiger partial charge is 0.169 e. The van der Waals surface area contributed by atoms with Crippen molar-refractivity contribution in [3.05, 3.63) is 35.9 Å². The Morgan fingerprint density at radius 3 is 1.95 bits per heavy atom. The molecule has 1 aromatic rings. The fourth-order valence-electron chi connectivity index (χ4n) is 2.47. The molecule has 0 N–H and O–H groups in total. The fraction of sp³-hybridized carbons (Fsp3) is 0.588. The third kappa shape index (κ3) is 4.17. The minimum atomic E-state index is -0.365. The molecule has 19 heavy (non-hydrogen) atoms. The lowest BCUT2D eigenvalue weighted by Crippen LogP contribution is -2.46. The molecule has 0 saturated heterocycles. The summed E-state index contributed by atoms with van der Waals surface area (Å²) >= 11 is 0. The second-order valence-corrected chi connectivity index (χ2v) is 6.44. The Balaban J connectivity index is 2.88. The number of Topliss-reactive ketones (excluding diaryl/α,β-unsaturated/α-hetero) is 1. The maximum absolute atomic E-state index is 12.6. The summed E-state index contributed by atoms with van der Waals surface area (Å²) in [5.41, 5.74) is 0.440. The highest BCUT2D eigenvalue weighted by molar-refractivity contribution is 6.00. The number of rotatable bonds is 6. The van der Waals surface area contributed by atoms with Gasteiger partial charge in [-0.2, -0.15) is 0 Å². The highest BCUT2D eigenvalue weighted by atomic mass is 16.1. The van der Waals surface area contributed by atoms with Gasteiger partial charge in [0.05, 0.1) is 0 Å². The third-order valence-corrected chi connectivity index (χ3v) is 3.56. The van der Waals surface area contributed by atoms with E-state index < -0.39 is 0 Å². The lowest BCUT2D eigenvalue weighted by atomic mass is 9.83. The average Bonchev–Trinajstić information content (AvgIpc) is 2.35. The Labute approximate surface area is 117 Å². The highest BCUT2D eigenvalue weighted by Gasteiger charge is 2.32. The van der Waals surface area contributed by atoms with Gasteiger partial charge in [0.2, 0.25) is 0 Å². The van der Waals surface area contributed by atoms with Gasteiger partial charge in [-0.05, 0) is 27.7 Å². The molecule has 0 bridgehead atoms. The maximum Gasteiger partial charge on any atom is 0.169 e. The van der Waals surface area contributed by atoms with Crippen LogP contribution in [0, 0.1) is 5.41 Å². The molecule has 0 aliphatic rings. The van der Waals surface area contributed by atoms with E-state index in [1.54, 1.807) is 0 Å². The van der Waals surface area contributed by atoms with Crippen LogP contribution in [0.15, 0.2) is 30.3 Å². The molecule has 0 aliphatic heterocycles.